The van der Waals surface area contributed by atoms with E-state index in [4.69, 9.17) is 0 Å². The van der Waals surface area contributed by atoms with Crippen LogP contribution in [0.2, 0.25) is 0 Å². The molecule has 2 aliphatic rings. The molecule has 10 heteroatoms. The highest BCUT2D eigenvalue weighted by Gasteiger charge is 2.66. The van der Waals surface area contributed by atoms with E-state index in [2.05, 4.69) is 0 Å². The second-order valence-corrected chi connectivity index (χ2v) is 8.63. The molecule has 0 aromatic heterocycles. The number of hydrogen-bond donors (Lipinski definition) is 1. The zero-order chi connectivity index (χ0) is 22.9. The van der Waals surface area contributed by atoms with Gasteiger partial charge in [0.25, 0.3) is 0 Å². The number of Topliss-reactive ketones (excluding diaryl/α,β-unsaturated/α-hetero) is 2. The average molecular weight is 435 g/mol. The molecule has 1 amide bonds. The number of fused-ring (bicyclic) bond motifs is 2. The van der Waals surface area contributed by atoms with Gasteiger partial charge in [-0.2, -0.15) is 26.3 Å². The number of nitrogens with one attached hydrogen (secondary N) is 1. The second kappa shape index (κ2) is 6.55. The Bertz CT molecular complexity index is 901. The van der Waals surface area contributed by atoms with Gasteiger partial charge in [-0.15, -0.1) is 0 Å². The van der Waals surface area contributed by atoms with Crippen LogP contribution >= 0.6 is 0 Å². The molecule has 0 heterocycles. The molecule has 30 heavy (non-hydrogen) atoms. The normalized spacial score (nSPS) is 28.6. The standard InChI is InChI=1S/C20H19F6NO3/c1-17(2)12-4-5-18(17,3)15(29)13(14(12)28)16(30)27-11-7-9(19(21,22)23)6-10(8-11)20(24,25)26/h6-8,12-13H,4-5H2,1-3H3,(H,27,30). The van der Waals surface area contributed by atoms with Crippen LogP contribution in [0.1, 0.15) is 44.7 Å². The minimum Gasteiger partial charge on any atom is -0.325 e. The summed E-state index contributed by atoms with van der Waals surface area (Å²) in [6, 6.07) is 0.604. The number of ketones is 2. The number of halogens is 6. The first kappa shape index (κ1) is 22.3. The fourth-order valence-corrected chi connectivity index (χ4v) is 4.58. The molecule has 3 rings (SSSR count). The van der Waals surface area contributed by atoms with Crippen molar-refractivity contribution in [1.29, 1.82) is 0 Å². The molecular weight excluding hydrogens is 416 g/mol. The zero-order valence-corrected chi connectivity index (χ0v) is 16.3. The lowest BCUT2D eigenvalue weighted by atomic mass is 9.55. The van der Waals surface area contributed by atoms with Gasteiger partial charge in [0.15, 0.2) is 17.5 Å². The third-order valence-electron chi connectivity index (χ3n) is 6.78. The highest BCUT2D eigenvalue weighted by atomic mass is 19.4. The first-order valence-electron chi connectivity index (χ1n) is 9.18. The van der Waals surface area contributed by atoms with E-state index in [1.807, 2.05) is 5.32 Å². The van der Waals surface area contributed by atoms with E-state index in [-0.39, 0.29) is 6.07 Å². The minimum atomic E-state index is -5.09. The lowest BCUT2D eigenvalue weighted by Crippen LogP contribution is -2.56. The van der Waals surface area contributed by atoms with E-state index in [0.29, 0.717) is 25.0 Å². The second-order valence-electron chi connectivity index (χ2n) is 8.63. The Hall–Kier alpha value is -2.39. The van der Waals surface area contributed by atoms with Crippen molar-refractivity contribution >= 4 is 23.2 Å². The van der Waals surface area contributed by atoms with Crippen molar-refractivity contribution in [3.8, 4) is 0 Å². The van der Waals surface area contributed by atoms with E-state index in [1.165, 1.54) is 0 Å². The molecule has 4 nitrogen and oxygen atoms in total. The maximum absolute atomic E-state index is 13.0. The Labute approximate surface area is 168 Å². The summed E-state index contributed by atoms with van der Waals surface area (Å²) >= 11 is 0. The van der Waals surface area contributed by atoms with Gasteiger partial charge in [-0.1, -0.05) is 20.8 Å². The van der Waals surface area contributed by atoms with Gasteiger partial charge in [-0.25, -0.2) is 0 Å². The summed E-state index contributed by atoms with van der Waals surface area (Å²) in [6.45, 7) is 5.13. The van der Waals surface area contributed by atoms with Gasteiger partial charge in [0.2, 0.25) is 5.91 Å². The number of alkyl halides is 6. The van der Waals surface area contributed by atoms with Gasteiger partial charge in [-0.3, -0.25) is 14.4 Å². The van der Waals surface area contributed by atoms with Gasteiger partial charge >= 0.3 is 12.4 Å². The summed E-state index contributed by atoms with van der Waals surface area (Å²) in [5, 5.41) is 1.93. The Morgan fingerprint density at radius 1 is 0.967 bits per heavy atom. The Balaban J connectivity index is 1.97. The fraction of sp³-hybridized carbons (Fsp3) is 0.550. The summed E-state index contributed by atoms with van der Waals surface area (Å²) in [4.78, 5) is 38.4. The number of benzene rings is 1. The number of rotatable bonds is 2. The third kappa shape index (κ3) is 3.30. The Kier molecular flexibility index (Phi) is 4.87. The predicted molar refractivity (Wildman–Crippen MR) is 93.2 cm³/mol. The van der Waals surface area contributed by atoms with Gasteiger partial charge < -0.3 is 5.32 Å². The number of amides is 1. The molecule has 164 valence electrons. The van der Waals surface area contributed by atoms with Gasteiger partial charge in [-0.05, 0) is 36.5 Å². The van der Waals surface area contributed by atoms with Gasteiger partial charge in [0.05, 0.1) is 11.1 Å². The number of hydrogen-bond acceptors (Lipinski definition) is 3. The van der Waals surface area contributed by atoms with Crippen molar-refractivity contribution in [2.75, 3.05) is 5.32 Å². The molecule has 1 aromatic carbocycles. The van der Waals surface area contributed by atoms with E-state index >= 15 is 0 Å². The maximum atomic E-state index is 13.0. The Morgan fingerprint density at radius 2 is 1.47 bits per heavy atom. The van der Waals surface area contributed by atoms with Crippen molar-refractivity contribution in [2.45, 2.75) is 46.0 Å². The van der Waals surface area contributed by atoms with Crippen LogP contribution < -0.4 is 5.32 Å². The van der Waals surface area contributed by atoms with Crippen LogP contribution in [-0.2, 0) is 26.7 Å². The van der Waals surface area contributed by atoms with Crippen molar-refractivity contribution in [3.63, 3.8) is 0 Å². The molecule has 0 spiro atoms. The molecule has 1 aromatic rings. The first-order valence-corrected chi connectivity index (χ1v) is 9.18. The lowest BCUT2D eigenvalue weighted by Gasteiger charge is -2.46. The largest absolute Gasteiger partial charge is 0.416 e. The molecular formula is C20H19F6NO3. The quantitative estimate of drug-likeness (QED) is 0.533. The summed E-state index contributed by atoms with van der Waals surface area (Å²) < 4.78 is 78.1. The predicted octanol–water partition coefficient (Wildman–Crippen LogP) is 4.87. The smallest absolute Gasteiger partial charge is 0.325 e. The molecule has 0 saturated heterocycles. The van der Waals surface area contributed by atoms with Crippen LogP contribution in [0.4, 0.5) is 32.0 Å². The molecule has 0 aliphatic heterocycles. The van der Waals surface area contributed by atoms with Crippen molar-refractivity contribution in [2.24, 2.45) is 22.7 Å². The van der Waals surface area contributed by atoms with E-state index in [0.717, 1.165) is 0 Å². The first-order chi connectivity index (χ1) is 13.5. The summed E-state index contributed by atoms with van der Waals surface area (Å²) in [5.41, 5.74) is -5.69. The molecule has 3 atom stereocenters. The molecule has 1 N–H and O–H groups in total. The minimum absolute atomic E-state index is 0.0731. The average Bonchev–Trinajstić information content (AvgIpc) is 2.76. The maximum Gasteiger partial charge on any atom is 0.416 e. The molecule has 2 aliphatic carbocycles. The van der Waals surface area contributed by atoms with Crippen LogP contribution in [0, 0.1) is 22.7 Å². The highest BCUT2D eigenvalue weighted by Crippen LogP contribution is 2.61. The SMILES string of the molecule is CC12CCC(C(=O)C(C(=O)Nc3cc(C(F)(F)F)cc(C(F)(F)F)c3)C1=O)C2(C)C. The number of carbonyl (C=O) groups excluding carboxylic acids is 3. The fourth-order valence-electron chi connectivity index (χ4n) is 4.58. The van der Waals surface area contributed by atoms with E-state index in [1.54, 1.807) is 20.8 Å². The summed E-state index contributed by atoms with van der Waals surface area (Å²) in [6.07, 6.45) is -9.41. The highest BCUT2D eigenvalue weighted by molar-refractivity contribution is 6.25. The van der Waals surface area contributed by atoms with Crippen molar-refractivity contribution in [3.05, 3.63) is 29.3 Å². The summed E-state index contributed by atoms with van der Waals surface area (Å²) in [7, 11) is 0. The van der Waals surface area contributed by atoms with Gasteiger partial charge in [0.1, 0.15) is 0 Å². The van der Waals surface area contributed by atoms with E-state index in [9.17, 15) is 40.7 Å². The van der Waals surface area contributed by atoms with Crippen LogP contribution in [0.5, 0.6) is 0 Å². The number of carbonyl (C=O) groups is 3. The van der Waals surface area contributed by atoms with E-state index < -0.39 is 69.3 Å². The van der Waals surface area contributed by atoms with Crippen LogP contribution in [0.25, 0.3) is 0 Å². The molecule has 0 radical (unpaired) electrons. The zero-order valence-electron chi connectivity index (χ0n) is 16.3. The topological polar surface area (TPSA) is 63.2 Å². The van der Waals surface area contributed by atoms with Gasteiger partial charge in [0, 0.05) is 17.0 Å². The van der Waals surface area contributed by atoms with Crippen LogP contribution in [0.15, 0.2) is 18.2 Å². The number of anilines is 1. The molecule has 2 fully saturated rings. The molecule has 2 saturated carbocycles. The monoisotopic (exact) mass is 435 g/mol. The summed E-state index contributed by atoms with van der Waals surface area (Å²) in [5.74, 6) is -4.89. The van der Waals surface area contributed by atoms with Crippen LogP contribution in [-0.4, -0.2) is 17.5 Å². The van der Waals surface area contributed by atoms with Crippen molar-refractivity contribution < 1.29 is 40.7 Å². The van der Waals surface area contributed by atoms with Crippen LogP contribution in [0.3, 0.4) is 0 Å². The Morgan fingerprint density at radius 3 is 1.93 bits per heavy atom. The third-order valence-corrected chi connectivity index (χ3v) is 6.78. The van der Waals surface area contributed by atoms with Crippen molar-refractivity contribution in [1.82, 2.24) is 0 Å². The molecule has 3 unspecified atom stereocenters. The lowest BCUT2D eigenvalue weighted by molar-refractivity contribution is -0.156. The molecule has 2 bridgehead atoms.